The summed E-state index contributed by atoms with van der Waals surface area (Å²) in [4.78, 5) is 23.9. The van der Waals surface area contributed by atoms with E-state index in [2.05, 4.69) is 26.6 Å². The lowest BCUT2D eigenvalue weighted by Gasteiger charge is -2.14. The van der Waals surface area contributed by atoms with Crippen LogP contribution in [-0.2, 0) is 16.1 Å². The SMILES string of the molecule is COc1ccc(CNC(=O)CNC(=O)C(C)Oc2ccc(Br)cc2)cc1. The van der Waals surface area contributed by atoms with Crippen molar-refractivity contribution in [3.8, 4) is 11.5 Å². The number of nitrogens with one attached hydrogen (secondary N) is 2. The van der Waals surface area contributed by atoms with Gasteiger partial charge in [-0.25, -0.2) is 0 Å². The van der Waals surface area contributed by atoms with Crippen LogP contribution in [0.25, 0.3) is 0 Å². The number of hydrogen-bond acceptors (Lipinski definition) is 4. The number of rotatable bonds is 8. The molecule has 0 aliphatic heterocycles. The fourth-order valence-electron chi connectivity index (χ4n) is 2.09. The second kappa shape index (κ2) is 9.82. The van der Waals surface area contributed by atoms with Gasteiger partial charge in [0.25, 0.3) is 5.91 Å². The Morgan fingerprint density at radius 1 is 1.00 bits per heavy atom. The van der Waals surface area contributed by atoms with Gasteiger partial charge >= 0.3 is 0 Å². The van der Waals surface area contributed by atoms with Gasteiger partial charge in [-0.05, 0) is 48.9 Å². The fourth-order valence-corrected chi connectivity index (χ4v) is 2.35. The molecule has 0 aromatic heterocycles. The topological polar surface area (TPSA) is 76.7 Å². The van der Waals surface area contributed by atoms with E-state index < -0.39 is 6.10 Å². The van der Waals surface area contributed by atoms with Crippen LogP contribution in [0.2, 0.25) is 0 Å². The summed E-state index contributed by atoms with van der Waals surface area (Å²) in [6, 6.07) is 14.6. The van der Waals surface area contributed by atoms with Gasteiger partial charge in [0.05, 0.1) is 13.7 Å². The number of methoxy groups -OCH3 is 1. The number of benzene rings is 2. The molecule has 7 heteroatoms. The average molecular weight is 421 g/mol. The highest BCUT2D eigenvalue weighted by molar-refractivity contribution is 9.10. The minimum absolute atomic E-state index is 0.108. The van der Waals surface area contributed by atoms with Crippen LogP contribution in [0.4, 0.5) is 0 Å². The van der Waals surface area contributed by atoms with Crippen LogP contribution in [-0.4, -0.2) is 31.6 Å². The minimum atomic E-state index is -0.703. The molecule has 0 aliphatic rings. The summed E-state index contributed by atoms with van der Waals surface area (Å²) < 4.78 is 11.5. The number of amides is 2. The van der Waals surface area contributed by atoms with Gasteiger partial charge in [-0.3, -0.25) is 9.59 Å². The highest BCUT2D eigenvalue weighted by Crippen LogP contribution is 2.17. The summed E-state index contributed by atoms with van der Waals surface area (Å²) in [5, 5.41) is 5.31. The van der Waals surface area contributed by atoms with E-state index in [-0.39, 0.29) is 18.4 Å². The molecule has 0 spiro atoms. The molecule has 0 aliphatic carbocycles. The molecule has 2 N–H and O–H groups in total. The summed E-state index contributed by atoms with van der Waals surface area (Å²) in [5.41, 5.74) is 0.942. The summed E-state index contributed by atoms with van der Waals surface area (Å²) in [6.07, 6.45) is -0.703. The summed E-state index contributed by atoms with van der Waals surface area (Å²) in [5.74, 6) is 0.712. The van der Waals surface area contributed by atoms with Crippen molar-refractivity contribution in [1.29, 1.82) is 0 Å². The monoisotopic (exact) mass is 420 g/mol. The average Bonchev–Trinajstić information content (AvgIpc) is 2.66. The van der Waals surface area contributed by atoms with E-state index in [9.17, 15) is 9.59 Å². The number of hydrogen-bond donors (Lipinski definition) is 2. The van der Waals surface area contributed by atoms with Crippen molar-refractivity contribution in [1.82, 2.24) is 10.6 Å². The highest BCUT2D eigenvalue weighted by atomic mass is 79.9. The van der Waals surface area contributed by atoms with Gasteiger partial charge in [0, 0.05) is 11.0 Å². The van der Waals surface area contributed by atoms with Crippen molar-refractivity contribution in [2.45, 2.75) is 19.6 Å². The summed E-state index contributed by atoms with van der Waals surface area (Å²) in [7, 11) is 1.60. The maximum atomic E-state index is 12.0. The molecule has 2 aromatic rings. The van der Waals surface area contributed by atoms with Gasteiger partial charge in [-0.15, -0.1) is 0 Å². The molecule has 0 saturated carbocycles. The van der Waals surface area contributed by atoms with Crippen LogP contribution < -0.4 is 20.1 Å². The van der Waals surface area contributed by atoms with Crippen LogP contribution in [0.1, 0.15) is 12.5 Å². The van der Waals surface area contributed by atoms with E-state index in [1.54, 1.807) is 26.2 Å². The largest absolute Gasteiger partial charge is 0.497 e. The van der Waals surface area contributed by atoms with E-state index in [4.69, 9.17) is 9.47 Å². The van der Waals surface area contributed by atoms with Gasteiger partial charge in [0.1, 0.15) is 11.5 Å². The van der Waals surface area contributed by atoms with Crippen molar-refractivity contribution < 1.29 is 19.1 Å². The first-order chi connectivity index (χ1) is 12.5. The molecular formula is C19H21BrN2O4. The van der Waals surface area contributed by atoms with Crippen LogP contribution in [0.5, 0.6) is 11.5 Å². The minimum Gasteiger partial charge on any atom is -0.497 e. The smallest absolute Gasteiger partial charge is 0.261 e. The molecule has 2 rings (SSSR count). The Bertz CT molecular complexity index is 732. The van der Waals surface area contributed by atoms with Crippen LogP contribution in [0.15, 0.2) is 53.0 Å². The van der Waals surface area contributed by atoms with Gasteiger partial charge < -0.3 is 20.1 Å². The third-order valence-electron chi connectivity index (χ3n) is 3.57. The zero-order valence-electron chi connectivity index (χ0n) is 14.6. The molecule has 1 unspecified atom stereocenters. The van der Waals surface area contributed by atoms with E-state index in [1.807, 2.05) is 36.4 Å². The lowest BCUT2D eigenvalue weighted by atomic mass is 10.2. The highest BCUT2D eigenvalue weighted by Gasteiger charge is 2.15. The van der Waals surface area contributed by atoms with Crippen molar-refractivity contribution in [2.75, 3.05) is 13.7 Å². The Balaban J connectivity index is 1.71. The van der Waals surface area contributed by atoms with E-state index >= 15 is 0 Å². The van der Waals surface area contributed by atoms with E-state index in [1.165, 1.54) is 0 Å². The molecule has 138 valence electrons. The Hall–Kier alpha value is -2.54. The zero-order valence-corrected chi connectivity index (χ0v) is 16.2. The first kappa shape index (κ1) is 19.8. The predicted octanol–water partition coefficient (Wildman–Crippen LogP) is 2.66. The normalized spacial score (nSPS) is 11.3. The molecule has 2 amide bonds. The zero-order chi connectivity index (χ0) is 18.9. The maximum absolute atomic E-state index is 12.0. The van der Waals surface area contributed by atoms with Crippen molar-refractivity contribution in [3.05, 3.63) is 58.6 Å². The summed E-state index contributed by atoms with van der Waals surface area (Å²) >= 11 is 3.33. The Morgan fingerprint density at radius 3 is 2.23 bits per heavy atom. The Kier molecular flexibility index (Phi) is 7.47. The molecule has 6 nitrogen and oxygen atoms in total. The van der Waals surface area contributed by atoms with Crippen molar-refractivity contribution >= 4 is 27.7 Å². The molecule has 2 aromatic carbocycles. The molecule has 0 bridgehead atoms. The van der Waals surface area contributed by atoms with E-state index in [0.29, 0.717) is 12.3 Å². The Morgan fingerprint density at radius 2 is 1.62 bits per heavy atom. The molecule has 0 heterocycles. The van der Waals surface area contributed by atoms with E-state index in [0.717, 1.165) is 15.8 Å². The molecular weight excluding hydrogens is 400 g/mol. The second-order valence-electron chi connectivity index (χ2n) is 5.56. The number of carbonyl (C=O) groups excluding carboxylic acids is 2. The summed E-state index contributed by atoms with van der Waals surface area (Å²) in [6.45, 7) is 1.90. The third-order valence-corrected chi connectivity index (χ3v) is 4.10. The van der Waals surface area contributed by atoms with Gasteiger partial charge in [0.15, 0.2) is 6.10 Å². The van der Waals surface area contributed by atoms with Crippen LogP contribution >= 0.6 is 15.9 Å². The van der Waals surface area contributed by atoms with Crippen LogP contribution in [0.3, 0.4) is 0 Å². The van der Waals surface area contributed by atoms with Crippen LogP contribution in [0, 0.1) is 0 Å². The van der Waals surface area contributed by atoms with Crippen molar-refractivity contribution in [2.24, 2.45) is 0 Å². The third kappa shape index (κ3) is 6.40. The maximum Gasteiger partial charge on any atom is 0.261 e. The predicted molar refractivity (Wildman–Crippen MR) is 102 cm³/mol. The molecule has 0 radical (unpaired) electrons. The van der Waals surface area contributed by atoms with Gasteiger partial charge in [-0.1, -0.05) is 28.1 Å². The molecule has 0 saturated heterocycles. The lowest BCUT2D eigenvalue weighted by Crippen LogP contribution is -2.42. The fraction of sp³-hybridized carbons (Fsp3) is 0.263. The molecule has 1 atom stereocenters. The lowest BCUT2D eigenvalue weighted by molar-refractivity contribution is -0.130. The standard InChI is InChI=1S/C19H21BrN2O4/c1-13(26-17-9-5-15(20)6-10-17)19(24)22-12-18(23)21-11-14-3-7-16(25-2)8-4-14/h3-10,13H,11-12H2,1-2H3,(H,21,23)(H,22,24). The van der Waals surface area contributed by atoms with Gasteiger partial charge in [0.2, 0.25) is 5.91 Å². The Labute approximate surface area is 161 Å². The van der Waals surface area contributed by atoms with Crippen molar-refractivity contribution in [3.63, 3.8) is 0 Å². The molecule has 26 heavy (non-hydrogen) atoms. The first-order valence-corrected chi connectivity index (χ1v) is 8.87. The van der Waals surface area contributed by atoms with Gasteiger partial charge in [-0.2, -0.15) is 0 Å². The first-order valence-electron chi connectivity index (χ1n) is 8.07. The second-order valence-corrected chi connectivity index (χ2v) is 6.47. The quantitative estimate of drug-likeness (QED) is 0.687. The number of ether oxygens (including phenoxy) is 2. The molecule has 0 fully saturated rings. The number of halogens is 1. The number of carbonyl (C=O) groups is 2.